The number of allylic oxidation sites excluding steroid dienone is 1. The lowest BCUT2D eigenvalue weighted by atomic mass is 10.0. The van der Waals surface area contributed by atoms with Crippen molar-refractivity contribution in [2.24, 2.45) is 0 Å². The molecule has 0 amide bonds. The Balaban J connectivity index is 2.45. The van der Waals surface area contributed by atoms with Crippen molar-refractivity contribution in [3.05, 3.63) is 24.3 Å². The minimum absolute atomic E-state index is 0.160. The second kappa shape index (κ2) is 6.41. The minimum atomic E-state index is -0.160. The molecular formula is C12H18O2. The topological polar surface area (TPSA) is 26.3 Å². The van der Waals surface area contributed by atoms with Crippen molar-refractivity contribution in [3.63, 3.8) is 0 Å². The van der Waals surface area contributed by atoms with Crippen molar-refractivity contribution in [3.8, 4) is 0 Å². The summed E-state index contributed by atoms with van der Waals surface area (Å²) < 4.78 is 5.00. The molecule has 0 aromatic heterocycles. The highest BCUT2D eigenvalue weighted by atomic mass is 16.5. The molecule has 1 aliphatic carbocycles. The lowest BCUT2D eigenvalue weighted by Crippen LogP contribution is -2.09. The zero-order chi connectivity index (χ0) is 10.2. The van der Waals surface area contributed by atoms with Crippen LogP contribution in [0.4, 0.5) is 0 Å². The maximum Gasteiger partial charge on any atom is 0.333 e. The molecule has 14 heavy (non-hydrogen) atoms. The van der Waals surface area contributed by atoms with E-state index in [0.29, 0.717) is 6.61 Å². The Morgan fingerprint density at radius 3 is 3.00 bits per heavy atom. The van der Waals surface area contributed by atoms with Crippen LogP contribution < -0.4 is 0 Å². The van der Waals surface area contributed by atoms with Crippen LogP contribution in [0.15, 0.2) is 24.3 Å². The van der Waals surface area contributed by atoms with Crippen LogP contribution in [-0.4, -0.2) is 12.6 Å². The molecule has 0 fully saturated rings. The molecule has 0 saturated carbocycles. The van der Waals surface area contributed by atoms with Crippen LogP contribution in [0.1, 0.15) is 38.5 Å². The summed E-state index contributed by atoms with van der Waals surface area (Å²) in [6.07, 6.45) is 10.3. The first-order valence-corrected chi connectivity index (χ1v) is 5.31. The standard InChI is InChI=1S/C12H18O2/c1-2-10-14-12(13)11-8-6-4-3-5-7-9-11/h2,8H,1,3-7,9-10H2/b11-8+. The van der Waals surface area contributed by atoms with E-state index in [4.69, 9.17) is 4.74 Å². The van der Waals surface area contributed by atoms with Crippen molar-refractivity contribution in [2.75, 3.05) is 6.61 Å². The summed E-state index contributed by atoms with van der Waals surface area (Å²) in [4.78, 5) is 11.5. The molecular weight excluding hydrogens is 176 g/mol. The van der Waals surface area contributed by atoms with Crippen LogP contribution in [0.2, 0.25) is 0 Å². The van der Waals surface area contributed by atoms with E-state index >= 15 is 0 Å². The van der Waals surface area contributed by atoms with Crippen LogP contribution in [0.25, 0.3) is 0 Å². The molecule has 0 atom stereocenters. The Hall–Kier alpha value is -1.05. The highest BCUT2D eigenvalue weighted by Gasteiger charge is 2.11. The van der Waals surface area contributed by atoms with Crippen LogP contribution in [0.3, 0.4) is 0 Å². The quantitative estimate of drug-likeness (QED) is 0.510. The Morgan fingerprint density at radius 2 is 2.21 bits per heavy atom. The average molecular weight is 194 g/mol. The summed E-state index contributed by atoms with van der Waals surface area (Å²) in [6.45, 7) is 3.83. The number of rotatable bonds is 3. The zero-order valence-corrected chi connectivity index (χ0v) is 8.63. The predicted octanol–water partition coefficient (Wildman–Crippen LogP) is 3.00. The van der Waals surface area contributed by atoms with Gasteiger partial charge in [0.25, 0.3) is 0 Å². The van der Waals surface area contributed by atoms with E-state index in [0.717, 1.165) is 24.8 Å². The number of ether oxygens (including phenoxy) is 1. The van der Waals surface area contributed by atoms with Gasteiger partial charge in [-0.15, -0.1) is 0 Å². The molecule has 0 radical (unpaired) electrons. The van der Waals surface area contributed by atoms with Crippen molar-refractivity contribution in [1.82, 2.24) is 0 Å². The maximum atomic E-state index is 11.5. The highest BCUT2D eigenvalue weighted by molar-refractivity contribution is 5.88. The molecule has 1 aliphatic rings. The molecule has 1 rings (SSSR count). The van der Waals surface area contributed by atoms with Crippen LogP contribution in [-0.2, 0) is 9.53 Å². The van der Waals surface area contributed by atoms with Crippen LogP contribution in [0.5, 0.6) is 0 Å². The first kappa shape index (κ1) is 11.0. The lowest BCUT2D eigenvalue weighted by molar-refractivity contribution is -0.138. The van der Waals surface area contributed by atoms with Crippen molar-refractivity contribution >= 4 is 5.97 Å². The van der Waals surface area contributed by atoms with Crippen molar-refractivity contribution < 1.29 is 9.53 Å². The Labute approximate surface area is 85.6 Å². The molecule has 0 aliphatic heterocycles. The molecule has 0 spiro atoms. The Morgan fingerprint density at radius 1 is 1.43 bits per heavy atom. The first-order chi connectivity index (χ1) is 6.84. The van der Waals surface area contributed by atoms with Crippen LogP contribution >= 0.6 is 0 Å². The number of carbonyl (C=O) groups is 1. The summed E-state index contributed by atoms with van der Waals surface area (Å²) >= 11 is 0. The first-order valence-electron chi connectivity index (χ1n) is 5.31. The molecule has 0 bridgehead atoms. The predicted molar refractivity (Wildman–Crippen MR) is 56.9 cm³/mol. The third-order valence-electron chi connectivity index (χ3n) is 2.39. The third kappa shape index (κ3) is 3.77. The largest absolute Gasteiger partial charge is 0.458 e. The Bertz CT molecular complexity index is 228. The normalized spacial score (nSPS) is 21.3. The summed E-state index contributed by atoms with van der Waals surface area (Å²) in [5.74, 6) is -0.160. The fourth-order valence-electron chi connectivity index (χ4n) is 1.60. The van der Waals surface area contributed by atoms with Gasteiger partial charge in [0.05, 0.1) is 0 Å². The molecule has 0 aromatic carbocycles. The van der Waals surface area contributed by atoms with Gasteiger partial charge in [-0.1, -0.05) is 31.6 Å². The summed E-state index contributed by atoms with van der Waals surface area (Å²) in [6, 6.07) is 0. The number of esters is 1. The highest BCUT2D eigenvalue weighted by Crippen LogP contribution is 2.17. The van der Waals surface area contributed by atoms with Gasteiger partial charge >= 0.3 is 5.97 Å². The van der Waals surface area contributed by atoms with Gasteiger partial charge in [0, 0.05) is 5.57 Å². The van der Waals surface area contributed by atoms with Gasteiger partial charge in [-0.2, -0.15) is 0 Å². The lowest BCUT2D eigenvalue weighted by Gasteiger charge is -2.09. The summed E-state index contributed by atoms with van der Waals surface area (Å²) in [5, 5.41) is 0. The monoisotopic (exact) mass is 194 g/mol. The number of hydrogen-bond acceptors (Lipinski definition) is 2. The minimum Gasteiger partial charge on any atom is -0.458 e. The van der Waals surface area contributed by atoms with Gasteiger partial charge in [0.2, 0.25) is 0 Å². The van der Waals surface area contributed by atoms with Gasteiger partial charge in [-0.05, 0) is 25.7 Å². The van der Waals surface area contributed by atoms with E-state index in [-0.39, 0.29) is 5.97 Å². The fourth-order valence-corrected chi connectivity index (χ4v) is 1.60. The molecule has 0 unspecified atom stereocenters. The van der Waals surface area contributed by atoms with E-state index < -0.39 is 0 Å². The van der Waals surface area contributed by atoms with E-state index in [1.54, 1.807) is 6.08 Å². The van der Waals surface area contributed by atoms with Gasteiger partial charge in [-0.25, -0.2) is 4.79 Å². The second-order valence-electron chi connectivity index (χ2n) is 3.57. The molecule has 2 nitrogen and oxygen atoms in total. The molecule has 0 aromatic rings. The van der Waals surface area contributed by atoms with Gasteiger partial charge in [0.15, 0.2) is 0 Å². The van der Waals surface area contributed by atoms with Gasteiger partial charge in [-0.3, -0.25) is 0 Å². The van der Waals surface area contributed by atoms with E-state index in [1.807, 2.05) is 6.08 Å². The molecule has 0 saturated heterocycles. The van der Waals surface area contributed by atoms with E-state index in [9.17, 15) is 4.79 Å². The molecule has 2 heteroatoms. The zero-order valence-electron chi connectivity index (χ0n) is 8.63. The Kier molecular flexibility index (Phi) is 5.05. The van der Waals surface area contributed by atoms with Gasteiger partial charge in [0.1, 0.15) is 6.61 Å². The smallest absolute Gasteiger partial charge is 0.333 e. The average Bonchev–Trinajstić information content (AvgIpc) is 2.13. The second-order valence-corrected chi connectivity index (χ2v) is 3.57. The van der Waals surface area contributed by atoms with Crippen molar-refractivity contribution in [1.29, 1.82) is 0 Å². The molecule has 78 valence electrons. The van der Waals surface area contributed by atoms with Crippen LogP contribution in [0, 0.1) is 0 Å². The molecule has 0 heterocycles. The third-order valence-corrected chi connectivity index (χ3v) is 2.39. The van der Waals surface area contributed by atoms with E-state index in [2.05, 4.69) is 6.58 Å². The SMILES string of the molecule is C=CCOC(=O)/C1=C/CCCCCC1. The van der Waals surface area contributed by atoms with E-state index in [1.165, 1.54) is 19.3 Å². The number of hydrogen-bond donors (Lipinski definition) is 0. The van der Waals surface area contributed by atoms with Gasteiger partial charge < -0.3 is 4.74 Å². The number of carbonyl (C=O) groups excluding carboxylic acids is 1. The summed E-state index contributed by atoms with van der Waals surface area (Å²) in [5.41, 5.74) is 0.853. The molecule has 0 N–H and O–H groups in total. The summed E-state index contributed by atoms with van der Waals surface area (Å²) in [7, 11) is 0. The van der Waals surface area contributed by atoms with Crippen molar-refractivity contribution in [2.45, 2.75) is 38.5 Å². The fraction of sp³-hybridized carbons (Fsp3) is 0.583. The maximum absolute atomic E-state index is 11.5.